The lowest BCUT2D eigenvalue weighted by atomic mass is 10.3. The number of likely N-dealkylation sites (N-methyl/N-ethyl adjacent to an activating group) is 1. The number of nitrogens with zero attached hydrogens (tertiary/aromatic N) is 3. The number of rotatable bonds is 3. The molecule has 2 aromatic heterocycles. The van der Waals surface area contributed by atoms with Crippen LogP contribution in [0.5, 0.6) is 0 Å². The zero-order valence-corrected chi connectivity index (χ0v) is 9.53. The fraction of sp³-hybridized carbons (Fsp3) is 0.400. The largest absolute Gasteiger partial charge is 0.394 e. The minimum atomic E-state index is 0.0583. The molecular formula is C10H13N3OS. The number of fused-ring (bicyclic) bond motifs is 1. The molecule has 0 amide bonds. The number of hydrogen-bond acceptors (Lipinski definition) is 5. The summed E-state index contributed by atoms with van der Waals surface area (Å²) in [4.78, 5) is 11.4. The molecular weight excluding hydrogens is 210 g/mol. The summed E-state index contributed by atoms with van der Waals surface area (Å²) in [7, 11) is 1.93. The third-order valence-corrected chi connectivity index (χ3v) is 3.32. The highest BCUT2D eigenvalue weighted by atomic mass is 32.1. The first-order valence-corrected chi connectivity index (χ1v) is 5.64. The normalized spacial score (nSPS) is 13.0. The quantitative estimate of drug-likeness (QED) is 0.857. The Morgan fingerprint density at radius 2 is 2.33 bits per heavy atom. The van der Waals surface area contributed by atoms with Crippen molar-refractivity contribution in [1.29, 1.82) is 0 Å². The van der Waals surface area contributed by atoms with Crippen LogP contribution in [-0.2, 0) is 0 Å². The van der Waals surface area contributed by atoms with Crippen LogP contribution in [0.2, 0.25) is 0 Å². The lowest BCUT2D eigenvalue weighted by Gasteiger charge is -2.24. The fourth-order valence-corrected chi connectivity index (χ4v) is 2.12. The fourth-order valence-electron chi connectivity index (χ4n) is 1.39. The van der Waals surface area contributed by atoms with E-state index in [1.807, 2.05) is 30.3 Å². The average Bonchev–Trinajstić information content (AvgIpc) is 2.74. The minimum absolute atomic E-state index is 0.0583. The molecule has 0 aliphatic heterocycles. The highest BCUT2D eigenvalue weighted by Gasteiger charge is 2.13. The van der Waals surface area contributed by atoms with Gasteiger partial charge in [-0.15, -0.1) is 11.3 Å². The zero-order valence-electron chi connectivity index (χ0n) is 8.71. The maximum absolute atomic E-state index is 9.11. The van der Waals surface area contributed by atoms with E-state index in [0.29, 0.717) is 0 Å². The Labute approximate surface area is 92.2 Å². The molecule has 80 valence electrons. The molecule has 0 saturated carbocycles. The molecule has 0 saturated heterocycles. The summed E-state index contributed by atoms with van der Waals surface area (Å²) in [6.45, 7) is 2.08. The van der Waals surface area contributed by atoms with E-state index in [0.717, 1.165) is 16.0 Å². The van der Waals surface area contributed by atoms with Crippen LogP contribution in [0.3, 0.4) is 0 Å². The number of thiophene rings is 1. The monoisotopic (exact) mass is 223 g/mol. The Morgan fingerprint density at radius 1 is 1.53 bits per heavy atom. The van der Waals surface area contributed by atoms with Crippen molar-refractivity contribution in [1.82, 2.24) is 9.97 Å². The molecule has 1 N–H and O–H groups in total. The van der Waals surface area contributed by atoms with Gasteiger partial charge in [-0.3, -0.25) is 0 Å². The second-order valence-corrected chi connectivity index (χ2v) is 4.37. The molecule has 0 aliphatic rings. The van der Waals surface area contributed by atoms with Gasteiger partial charge in [-0.1, -0.05) is 0 Å². The SMILES string of the molecule is CC(CO)N(C)c1ncnc2sccc12. The van der Waals surface area contributed by atoms with Crippen LogP contribution in [0.15, 0.2) is 17.8 Å². The van der Waals surface area contributed by atoms with Crippen molar-refractivity contribution in [2.24, 2.45) is 0 Å². The molecule has 4 nitrogen and oxygen atoms in total. The molecule has 2 aromatic rings. The van der Waals surface area contributed by atoms with E-state index in [-0.39, 0.29) is 12.6 Å². The Balaban J connectivity index is 2.46. The van der Waals surface area contributed by atoms with Crippen LogP contribution in [0.25, 0.3) is 10.2 Å². The summed E-state index contributed by atoms with van der Waals surface area (Å²) >= 11 is 1.60. The van der Waals surface area contributed by atoms with Crippen molar-refractivity contribution in [2.45, 2.75) is 13.0 Å². The van der Waals surface area contributed by atoms with Crippen LogP contribution in [0.1, 0.15) is 6.92 Å². The van der Waals surface area contributed by atoms with Crippen molar-refractivity contribution in [3.05, 3.63) is 17.8 Å². The van der Waals surface area contributed by atoms with Gasteiger partial charge in [-0.25, -0.2) is 9.97 Å². The summed E-state index contributed by atoms with van der Waals surface area (Å²) in [5, 5.41) is 12.2. The molecule has 0 radical (unpaired) electrons. The molecule has 0 fully saturated rings. The van der Waals surface area contributed by atoms with Gasteiger partial charge in [0, 0.05) is 7.05 Å². The molecule has 1 atom stereocenters. The molecule has 0 aliphatic carbocycles. The van der Waals surface area contributed by atoms with Gasteiger partial charge in [0.05, 0.1) is 18.0 Å². The van der Waals surface area contributed by atoms with Gasteiger partial charge in [0.1, 0.15) is 17.0 Å². The van der Waals surface area contributed by atoms with Crippen molar-refractivity contribution < 1.29 is 5.11 Å². The molecule has 5 heteroatoms. The Kier molecular flexibility index (Phi) is 2.83. The highest BCUT2D eigenvalue weighted by molar-refractivity contribution is 7.16. The van der Waals surface area contributed by atoms with Crippen LogP contribution in [0, 0.1) is 0 Å². The summed E-state index contributed by atoms with van der Waals surface area (Å²) < 4.78 is 0. The summed E-state index contributed by atoms with van der Waals surface area (Å²) in [5.41, 5.74) is 0. The molecule has 0 aromatic carbocycles. The Morgan fingerprint density at radius 3 is 3.07 bits per heavy atom. The van der Waals surface area contributed by atoms with Crippen LogP contribution in [-0.4, -0.2) is 34.8 Å². The van der Waals surface area contributed by atoms with E-state index in [2.05, 4.69) is 9.97 Å². The van der Waals surface area contributed by atoms with Crippen LogP contribution in [0.4, 0.5) is 5.82 Å². The van der Waals surface area contributed by atoms with E-state index < -0.39 is 0 Å². The topological polar surface area (TPSA) is 49.2 Å². The van der Waals surface area contributed by atoms with Gasteiger partial charge >= 0.3 is 0 Å². The van der Waals surface area contributed by atoms with Gasteiger partial charge in [0.25, 0.3) is 0 Å². The van der Waals surface area contributed by atoms with Crippen molar-refractivity contribution in [2.75, 3.05) is 18.6 Å². The number of anilines is 1. The molecule has 15 heavy (non-hydrogen) atoms. The van der Waals surface area contributed by atoms with Crippen LogP contribution >= 0.6 is 11.3 Å². The number of aliphatic hydroxyl groups is 1. The van der Waals surface area contributed by atoms with Crippen LogP contribution < -0.4 is 4.90 Å². The minimum Gasteiger partial charge on any atom is -0.394 e. The molecule has 0 spiro atoms. The maximum Gasteiger partial charge on any atom is 0.140 e. The second kappa shape index (κ2) is 4.12. The Hall–Kier alpha value is -1.20. The van der Waals surface area contributed by atoms with Gasteiger partial charge in [0.15, 0.2) is 0 Å². The predicted octanol–water partition coefficient (Wildman–Crippen LogP) is 1.51. The lowest BCUT2D eigenvalue weighted by molar-refractivity contribution is 0.270. The number of aliphatic hydroxyl groups excluding tert-OH is 1. The first-order chi connectivity index (χ1) is 7.24. The van der Waals surface area contributed by atoms with Gasteiger partial charge in [-0.05, 0) is 18.4 Å². The van der Waals surface area contributed by atoms with Gasteiger partial charge in [0.2, 0.25) is 0 Å². The second-order valence-electron chi connectivity index (χ2n) is 3.48. The first kappa shape index (κ1) is 10.3. The Bertz CT molecular complexity index is 457. The average molecular weight is 223 g/mol. The van der Waals surface area contributed by atoms with E-state index in [1.54, 1.807) is 17.7 Å². The zero-order chi connectivity index (χ0) is 10.8. The van der Waals surface area contributed by atoms with E-state index in [1.165, 1.54) is 0 Å². The molecule has 2 heterocycles. The molecule has 1 unspecified atom stereocenters. The third kappa shape index (κ3) is 1.80. The van der Waals surface area contributed by atoms with Crippen molar-refractivity contribution >= 4 is 27.4 Å². The van der Waals surface area contributed by atoms with E-state index in [4.69, 9.17) is 5.11 Å². The summed E-state index contributed by atoms with van der Waals surface area (Å²) in [6.07, 6.45) is 1.56. The maximum atomic E-state index is 9.11. The molecule has 2 rings (SSSR count). The summed E-state index contributed by atoms with van der Waals surface area (Å²) in [5.74, 6) is 0.878. The standard InChI is InChI=1S/C10H13N3OS/c1-7(5-14)13(2)9-8-3-4-15-10(8)12-6-11-9/h3-4,6-7,14H,5H2,1-2H3. The first-order valence-electron chi connectivity index (χ1n) is 4.76. The summed E-state index contributed by atoms with van der Waals surface area (Å²) in [6, 6.07) is 2.07. The van der Waals surface area contributed by atoms with E-state index >= 15 is 0 Å². The number of hydrogen-bond donors (Lipinski definition) is 1. The lowest BCUT2D eigenvalue weighted by Crippen LogP contribution is -2.32. The van der Waals surface area contributed by atoms with E-state index in [9.17, 15) is 0 Å². The van der Waals surface area contributed by atoms with Gasteiger partial charge < -0.3 is 10.0 Å². The van der Waals surface area contributed by atoms with Crippen molar-refractivity contribution in [3.8, 4) is 0 Å². The third-order valence-electron chi connectivity index (χ3n) is 2.50. The predicted molar refractivity (Wildman–Crippen MR) is 62.4 cm³/mol. The number of aromatic nitrogens is 2. The smallest absolute Gasteiger partial charge is 0.140 e. The highest BCUT2D eigenvalue weighted by Crippen LogP contribution is 2.26. The van der Waals surface area contributed by atoms with Crippen molar-refractivity contribution in [3.63, 3.8) is 0 Å². The van der Waals surface area contributed by atoms with Gasteiger partial charge in [-0.2, -0.15) is 0 Å². The molecule has 0 bridgehead atoms.